The average Bonchev–Trinajstić information content (AvgIpc) is 3.18. The molecule has 1 aromatic carbocycles. The van der Waals surface area contributed by atoms with Crippen molar-refractivity contribution in [3.8, 4) is 0 Å². The molecule has 2 N–H and O–H groups in total. The summed E-state index contributed by atoms with van der Waals surface area (Å²) in [7, 11) is 0. The number of carbonyl (C=O) groups is 2. The van der Waals surface area contributed by atoms with Crippen LogP contribution in [0.15, 0.2) is 24.3 Å². The maximum absolute atomic E-state index is 13.2. The molecule has 2 aliphatic rings. The van der Waals surface area contributed by atoms with Crippen molar-refractivity contribution in [3.05, 3.63) is 30.1 Å². The number of hydrogen-bond donors (Lipinski definition) is 1. The van der Waals surface area contributed by atoms with Crippen LogP contribution < -0.4 is 10.6 Å². The van der Waals surface area contributed by atoms with Crippen molar-refractivity contribution in [2.75, 3.05) is 37.7 Å². The molecule has 8 heteroatoms. The largest absolute Gasteiger partial charge is 0.370 e. The Hall–Kier alpha value is -2.03. The maximum Gasteiger partial charge on any atom is 0.241 e. The number of hydrogen-bond acceptors (Lipinski definition) is 5. The lowest BCUT2D eigenvalue weighted by Gasteiger charge is -2.38. The molecule has 2 aliphatic heterocycles. The summed E-state index contributed by atoms with van der Waals surface area (Å²) in [5.41, 5.74) is 5.80. The van der Waals surface area contributed by atoms with Gasteiger partial charge in [0.2, 0.25) is 11.8 Å². The second-order valence-electron chi connectivity index (χ2n) is 6.88. The molecular weight excluding hydrogens is 353 g/mol. The van der Waals surface area contributed by atoms with Gasteiger partial charge in [0.25, 0.3) is 0 Å². The Morgan fingerprint density at radius 2 is 1.89 bits per heavy atom. The lowest BCUT2D eigenvalue weighted by Crippen LogP contribution is -2.51. The molecule has 1 unspecified atom stereocenters. The number of anilines is 1. The summed E-state index contributed by atoms with van der Waals surface area (Å²) in [6.45, 7) is 2.28. The zero-order chi connectivity index (χ0) is 19.2. The van der Waals surface area contributed by atoms with Crippen LogP contribution in [0.3, 0.4) is 0 Å². The minimum atomic E-state index is -0.487. The third-order valence-corrected chi connectivity index (χ3v) is 4.99. The number of halogens is 1. The highest BCUT2D eigenvalue weighted by molar-refractivity contribution is 5.95. The number of likely N-dealkylation sites (tertiary alicyclic amines) is 1. The molecule has 1 atom stereocenters. The number of benzene rings is 1. The van der Waals surface area contributed by atoms with Gasteiger partial charge >= 0.3 is 0 Å². The Morgan fingerprint density at radius 1 is 1.19 bits per heavy atom. The summed E-state index contributed by atoms with van der Waals surface area (Å²) in [5, 5.41) is 0. The van der Waals surface area contributed by atoms with Gasteiger partial charge in [0.05, 0.1) is 25.8 Å². The third kappa shape index (κ3) is 5.24. The topological polar surface area (TPSA) is 85.1 Å². The zero-order valence-corrected chi connectivity index (χ0v) is 15.3. The van der Waals surface area contributed by atoms with Gasteiger partial charge in [0.15, 0.2) is 6.29 Å². The average molecular weight is 379 g/mol. The minimum Gasteiger partial charge on any atom is -0.370 e. The number of primary amides is 1. The van der Waals surface area contributed by atoms with Gasteiger partial charge in [-0.25, -0.2) is 4.39 Å². The van der Waals surface area contributed by atoms with E-state index in [1.165, 1.54) is 29.2 Å². The van der Waals surface area contributed by atoms with Crippen LogP contribution in [0.2, 0.25) is 0 Å². The van der Waals surface area contributed by atoms with Crippen LogP contribution in [0.5, 0.6) is 0 Å². The molecule has 2 amide bonds. The first-order valence-electron chi connectivity index (χ1n) is 9.36. The van der Waals surface area contributed by atoms with E-state index in [1.807, 2.05) is 0 Å². The van der Waals surface area contributed by atoms with Gasteiger partial charge in [0, 0.05) is 18.7 Å². The molecule has 1 aromatic rings. The molecule has 0 spiro atoms. The normalized spacial score (nSPS) is 21.3. The van der Waals surface area contributed by atoms with Crippen molar-refractivity contribution in [1.29, 1.82) is 0 Å². The maximum atomic E-state index is 13.2. The van der Waals surface area contributed by atoms with E-state index >= 15 is 0 Å². The molecule has 3 rings (SSSR count). The zero-order valence-electron chi connectivity index (χ0n) is 15.3. The Labute approximate surface area is 158 Å². The lowest BCUT2D eigenvalue weighted by atomic mass is 10.0. The first kappa shape index (κ1) is 19.7. The molecule has 0 aliphatic carbocycles. The van der Waals surface area contributed by atoms with Crippen LogP contribution >= 0.6 is 0 Å². The van der Waals surface area contributed by atoms with Gasteiger partial charge in [-0.1, -0.05) is 6.42 Å². The highest BCUT2D eigenvalue weighted by Crippen LogP contribution is 2.25. The van der Waals surface area contributed by atoms with E-state index < -0.39 is 5.91 Å². The number of rotatable bonds is 7. The first-order chi connectivity index (χ1) is 13.0. The van der Waals surface area contributed by atoms with E-state index in [-0.39, 0.29) is 43.6 Å². The highest BCUT2D eigenvalue weighted by Gasteiger charge is 2.35. The Morgan fingerprint density at radius 3 is 2.56 bits per heavy atom. The minimum absolute atomic E-state index is 0.0383. The van der Waals surface area contributed by atoms with Crippen LogP contribution in [0, 0.1) is 5.82 Å². The van der Waals surface area contributed by atoms with Crippen molar-refractivity contribution in [1.82, 2.24) is 4.90 Å². The number of nitrogens with zero attached hydrogens (tertiary/aromatic N) is 2. The summed E-state index contributed by atoms with van der Waals surface area (Å²) < 4.78 is 24.5. The standard InChI is InChI=1S/C19H26FN3O4/c20-14-4-6-15(7-5-14)23(10-8-17(21)24)18(25)13-22-9-2-1-3-16(22)19-26-11-12-27-19/h4-7,16,19H,1-3,8-13H2,(H2,21,24). The smallest absolute Gasteiger partial charge is 0.241 e. The molecule has 0 aromatic heterocycles. The van der Waals surface area contributed by atoms with Crippen LogP contribution in [0.1, 0.15) is 25.7 Å². The molecule has 148 valence electrons. The molecule has 2 saturated heterocycles. The predicted octanol–water partition coefficient (Wildman–Crippen LogP) is 1.26. The summed E-state index contributed by atoms with van der Waals surface area (Å²) >= 11 is 0. The van der Waals surface area contributed by atoms with Gasteiger partial charge in [-0.05, 0) is 43.7 Å². The van der Waals surface area contributed by atoms with Crippen molar-refractivity contribution >= 4 is 17.5 Å². The SMILES string of the molecule is NC(=O)CCN(C(=O)CN1CCCCC1C1OCCO1)c1ccc(F)cc1. The fourth-order valence-corrected chi connectivity index (χ4v) is 3.62. The van der Waals surface area contributed by atoms with Gasteiger partial charge in [0.1, 0.15) is 5.82 Å². The first-order valence-corrected chi connectivity index (χ1v) is 9.36. The molecule has 0 saturated carbocycles. The van der Waals surface area contributed by atoms with Crippen LogP contribution in [0.4, 0.5) is 10.1 Å². The molecule has 0 bridgehead atoms. The summed E-state index contributed by atoms with van der Waals surface area (Å²) in [4.78, 5) is 27.8. The van der Waals surface area contributed by atoms with Crippen molar-refractivity contribution < 1.29 is 23.5 Å². The highest BCUT2D eigenvalue weighted by atomic mass is 19.1. The number of amides is 2. The van der Waals surface area contributed by atoms with E-state index in [1.54, 1.807) is 0 Å². The van der Waals surface area contributed by atoms with E-state index in [0.29, 0.717) is 18.9 Å². The van der Waals surface area contributed by atoms with Crippen LogP contribution in [-0.4, -0.2) is 61.9 Å². The molecule has 27 heavy (non-hydrogen) atoms. The van der Waals surface area contributed by atoms with Crippen LogP contribution in [-0.2, 0) is 19.1 Å². The number of carbonyl (C=O) groups excluding carboxylic acids is 2. The van der Waals surface area contributed by atoms with Crippen LogP contribution in [0.25, 0.3) is 0 Å². The van der Waals surface area contributed by atoms with Crippen molar-refractivity contribution in [2.24, 2.45) is 5.73 Å². The second kappa shape index (κ2) is 9.25. The lowest BCUT2D eigenvalue weighted by molar-refractivity contribution is -0.129. The molecular formula is C19H26FN3O4. The molecule has 2 fully saturated rings. The molecule has 0 radical (unpaired) electrons. The van der Waals surface area contributed by atoms with E-state index in [0.717, 1.165) is 25.8 Å². The second-order valence-corrected chi connectivity index (χ2v) is 6.88. The van der Waals surface area contributed by atoms with Crippen molar-refractivity contribution in [2.45, 2.75) is 38.0 Å². The Kier molecular flexibility index (Phi) is 6.76. The summed E-state index contributed by atoms with van der Waals surface area (Å²) in [5.74, 6) is -1.03. The van der Waals surface area contributed by atoms with Gasteiger partial charge in [-0.3, -0.25) is 14.5 Å². The Bertz CT molecular complexity index is 649. The van der Waals surface area contributed by atoms with E-state index in [9.17, 15) is 14.0 Å². The fourth-order valence-electron chi connectivity index (χ4n) is 3.62. The van der Waals surface area contributed by atoms with E-state index in [2.05, 4.69) is 4.90 Å². The number of ether oxygens (including phenoxy) is 2. The molecule has 2 heterocycles. The monoisotopic (exact) mass is 379 g/mol. The fraction of sp³-hybridized carbons (Fsp3) is 0.579. The Balaban J connectivity index is 1.71. The third-order valence-electron chi connectivity index (χ3n) is 4.99. The molecule has 7 nitrogen and oxygen atoms in total. The van der Waals surface area contributed by atoms with E-state index in [4.69, 9.17) is 15.2 Å². The van der Waals surface area contributed by atoms with Crippen molar-refractivity contribution in [3.63, 3.8) is 0 Å². The summed E-state index contributed by atoms with van der Waals surface area (Å²) in [6.07, 6.45) is 2.73. The quantitative estimate of drug-likeness (QED) is 0.771. The summed E-state index contributed by atoms with van der Waals surface area (Å²) in [6, 6.07) is 5.69. The predicted molar refractivity (Wildman–Crippen MR) is 97.5 cm³/mol. The number of piperidine rings is 1. The van der Waals surface area contributed by atoms with Gasteiger partial charge < -0.3 is 20.1 Å². The number of nitrogens with two attached hydrogens (primary N) is 1. The van der Waals surface area contributed by atoms with Gasteiger partial charge in [-0.2, -0.15) is 0 Å². The van der Waals surface area contributed by atoms with Gasteiger partial charge in [-0.15, -0.1) is 0 Å².